The minimum Gasteiger partial charge on any atom is -0.383 e. The first-order valence-corrected chi connectivity index (χ1v) is 8.69. The van der Waals surface area contributed by atoms with Crippen molar-refractivity contribution in [2.75, 3.05) is 32.6 Å². The molecule has 1 aliphatic carbocycles. The van der Waals surface area contributed by atoms with Crippen molar-refractivity contribution in [2.24, 2.45) is 5.92 Å². The zero-order valence-corrected chi connectivity index (χ0v) is 12.5. The van der Waals surface area contributed by atoms with E-state index < -0.39 is 9.84 Å². The van der Waals surface area contributed by atoms with E-state index in [1.54, 1.807) is 7.11 Å². The van der Waals surface area contributed by atoms with E-state index in [9.17, 15) is 8.42 Å². The Bertz CT molecular complexity index is 316. The van der Waals surface area contributed by atoms with E-state index in [0.717, 1.165) is 32.4 Å². The number of hydrogen-bond donors (Lipinski definition) is 1. The second-order valence-corrected chi connectivity index (χ2v) is 7.76. The number of hydrogen-bond acceptors (Lipinski definition) is 4. The lowest BCUT2D eigenvalue weighted by Crippen LogP contribution is -2.31. The standard InChI is InChI=1S/C13H27NO3S/c1-12-5-3-6-13(11-12)18(15,16)10-4-7-14-8-9-17-2/h12-14H,3-11H2,1-2H3. The van der Waals surface area contributed by atoms with Gasteiger partial charge in [-0.05, 0) is 31.7 Å². The Hall–Kier alpha value is -0.130. The SMILES string of the molecule is COCCNCCCS(=O)(=O)C1CCCC(C)C1. The number of sulfone groups is 1. The van der Waals surface area contributed by atoms with E-state index in [2.05, 4.69) is 12.2 Å². The van der Waals surface area contributed by atoms with Crippen LogP contribution in [0.15, 0.2) is 0 Å². The molecule has 0 aromatic heterocycles. The fourth-order valence-corrected chi connectivity index (χ4v) is 4.60. The highest BCUT2D eigenvalue weighted by Crippen LogP contribution is 2.28. The summed E-state index contributed by atoms with van der Waals surface area (Å²) in [5, 5.41) is 3.10. The first-order valence-electron chi connectivity index (χ1n) is 6.97. The second-order valence-electron chi connectivity index (χ2n) is 5.36. The highest BCUT2D eigenvalue weighted by molar-refractivity contribution is 7.92. The van der Waals surface area contributed by atoms with Gasteiger partial charge in [-0.1, -0.05) is 19.8 Å². The molecular formula is C13H27NO3S. The van der Waals surface area contributed by atoms with E-state index in [1.807, 2.05) is 0 Å². The largest absolute Gasteiger partial charge is 0.383 e. The molecule has 0 aliphatic heterocycles. The monoisotopic (exact) mass is 277 g/mol. The Labute approximate surface area is 111 Å². The predicted molar refractivity (Wildman–Crippen MR) is 74.6 cm³/mol. The Kier molecular flexibility index (Phi) is 7.19. The first kappa shape index (κ1) is 15.9. The van der Waals surface area contributed by atoms with Gasteiger partial charge in [-0.2, -0.15) is 0 Å². The van der Waals surface area contributed by atoms with Gasteiger partial charge in [0.15, 0.2) is 9.84 Å². The molecular weight excluding hydrogens is 250 g/mol. The topological polar surface area (TPSA) is 55.4 Å². The van der Waals surface area contributed by atoms with Gasteiger partial charge in [0, 0.05) is 13.7 Å². The molecule has 0 aromatic rings. The van der Waals surface area contributed by atoms with Crippen molar-refractivity contribution in [3.63, 3.8) is 0 Å². The maximum absolute atomic E-state index is 12.2. The van der Waals surface area contributed by atoms with Crippen molar-refractivity contribution >= 4 is 9.84 Å². The lowest BCUT2D eigenvalue weighted by molar-refractivity contribution is 0.199. The lowest BCUT2D eigenvalue weighted by Gasteiger charge is -2.26. The van der Waals surface area contributed by atoms with Crippen molar-refractivity contribution < 1.29 is 13.2 Å². The van der Waals surface area contributed by atoms with Gasteiger partial charge in [-0.3, -0.25) is 0 Å². The highest BCUT2D eigenvalue weighted by atomic mass is 32.2. The van der Waals surface area contributed by atoms with Gasteiger partial charge in [-0.15, -0.1) is 0 Å². The van der Waals surface area contributed by atoms with Crippen LogP contribution in [0.1, 0.15) is 39.0 Å². The molecule has 108 valence electrons. The van der Waals surface area contributed by atoms with Crippen molar-refractivity contribution in [3.8, 4) is 0 Å². The number of methoxy groups -OCH3 is 1. The van der Waals surface area contributed by atoms with Crippen LogP contribution in [-0.4, -0.2) is 46.2 Å². The summed E-state index contributed by atoms with van der Waals surface area (Å²) in [6, 6.07) is 0. The molecule has 0 aromatic carbocycles. The molecule has 1 saturated carbocycles. The zero-order chi connectivity index (χ0) is 13.4. The van der Waals surface area contributed by atoms with Gasteiger partial charge in [-0.25, -0.2) is 8.42 Å². The van der Waals surface area contributed by atoms with Gasteiger partial charge in [0.1, 0.15) is 0 Å². The smallest absolute Gasteiger partial charge is 0.153 e. The van der Waals surface area contributed by atoms with Crippen LogP contribution in [0.4, 0.5) is 0 Å². The summed E-state index contributed by atoms with van der Waals surface area (Å²) in [6.45, 7) is 4.38. The van der Waals surface area contributed by atoms with Crippen molar-refractivity contribution in [3.05, 3.63) is 0 Å². The van der Waals surface area contributed by atoms with Crippen LogP contribution in [0.25, 0.3) is 0 Å². The van der Waals surface area contributed by atoms with Crippen LogP contribution in [0.5, 0.6) is 0 Å². The third kappa shape index (κ3) is 5.67. The minimum absolute atomic E-state index is 0.0831. The Morgan fingerprint density at radius 1 is 1.28 bits per heavy atom. The number of nitrogens with one attached hydrogen (secondary N) is 1. The molecule has 0 spiro atoms. The third-order valence-electron chi connectivity index (χ3n) is 3.66. The first-order chi connectivity index (χ1) is 8.56. The molecule has 1 fully saturated rings. The summed E-state index contributed by atoms with van der Waals surface area (Å²) in [4.78, 5) is 0. The third-order valence-corrected chi connectivity index (χ3v) is 5.96. The van der Waals surface area contributed by atoms with Gasteiger partial charge in [0.2, 0.25) is 0 Å². The molecule has 0 bridgehead atoms. The van der Waals surface area contributed by atoms with Crippen molar-refractivity contribution in [1.29, 1.82) is 0 Å². The van der Waals surface area contributed by atoms with E-state index in [4.69, 9.17) is 4.74 Å². The number of rotatable bonds is 8. The normalized spacial score (nSPS) is 25.2. The Balaban J connectivity index is 2.22. The van der Waals surface area contributed by atoms with Crippen LogP contribution in [-0.2, 0) is 14.6 Å². The van der Waals surface area contributed by atoms with E-state index in [-0.39, 0.29) is 5.25 Å². The molecule has 1 N–H and O–H groups in total. The molecule has 0 heterocycles. The molecule has 0 radical (unpaired) electrons. The lowest BCUT2D eigenvalue weighted by atomic mass is 9.91. The second kappa shape index (κ2) is 8.12. The summed E-state index contributed by atoms with van der Waals surface area (Å²) in [6.07, 6.45) is 4.68. The summed E-state index contributed by atoms with van der Waals surface area (Å²) in [7, 11) is -1.22. The molecule has 4 nitrogen and oxygen atoms in total. The van der Waals surface area contributed by atoms with Gasteiger partial charge < -0.3 is 10.1 Å². The van der Waals surface area contributed by atoms with Crippen LogP contribution >= 0.6 is 0 Å². The molecule has 2 atom stereocenters. The van der Waals surface area contributed by atoms with Crippen LogP contribution in [0, 0.1) is 5.92 Å². The molecule has 2 unspecified atom stereocenters. The maximum atomic E-state index is 12.2. The average Bonchev–Trinajstić information content (AvgIpc) is 2.33. The molecule has 1 rings (SSSR count). The molecule has 0 saturated heterocycles. The summed E-state index contributed by atoms with van der Waals surface area (Å²) in [5.41, 5.74) is 0. The highest BCUT2D eigenvalue weighted by Gasteiger charge is 2.29. The van der Waals surface area contributed by atoms with E-state index in [0.29, 0.717) is 24.7 Å². The molecule has 18 heavy (non-hydrogen) atoms. The van der Waals surface area contributed by atoms with Crippen LogP contribution < -0.4 is 5.32 Å². The fourth-order valence-electron chi connectivity index (χ4n) is 2.57. The summed E-state index contributed by atoms with van der Waals surface area (Å²) < 4.78 is 29.3. The zero-order valence-electron chi connectivity index (χ0n) is 11.7. The molecule has 0 amide bonds. The van der Waals surface area contributed by atoms with E-state index >= 15 is 0 Å². The van der Waals surface area contributed by atoms with Crippen LogP contribution in [0.3, 0.4) is 0 Å². The Morgan fingerprint density at radius 3 is 2.72 bits per heavy atom. The predicted octanol–water partition coefficient (Wildman–Crippen LogP) is 1.61. The van der Waals surface area contributed by atoms with E-state index in [1.165, 1.54) is 6.42 Å². The summed E-state index contributed by atoms with van der Waals surface area (Å²) in [5.74, 6) is 0.892. The Morgan fingerprint density at radius 2 is 2.06 bits per heavy atom. The van der Waals surface area contributed by atoms with Crippen molar-refractivity contribution in [1.82, 2.24) is 5.32 Å². The van der Waals surface area contributed by atoms with Gasteiger partial charge >= 0.3 is 0 Å². The summed E-state index contributed by atoms with van der Waals surface area (Å²) >= 11 is 0. The molecule has 5 heteroatoms. The quantitative estimate of drug-likeness (QED) is 0.685. The fraction of sp³-hybridized carbons (Fsp3) is 1.00. The maximum Gasteiger partial charge on any atom is 0.153 e. The van der Waals surface area contributed by atoms with Gasteiger partial charge in [0.25, 0.3) is 0 Å². The van der Waals surface area contributed by atoms with Gasteiger partial charge in [0.05, 0.1) is 17.6 Å². The minimum atomic E-state index is -2.88. The average molecular weight is 277 g/mol. The van der Waals surface area contributed by atoms with Crippen LogP contribution in [0.2, 0.25) is 0 Å². The van der Waals surface area contributed by atoms with Crippen molar-refractivity contribution in [2.45, 2.75) is 44.3 Å². The molecule has 1 aliphatic rings. The number of ether oxygens (including phenoxy) is 1.